The van der Waals surface area contributed by atoms with Crippen LogP contribution in [0.25, 0.3) is 0 Å². The van der Waals surface area contributed by atoms with Crippen molar-refractivity contribution >= 4 is 11.8 Å². The van der Waals surface area contributed by atoms with Gasteiger partial charge < -0.3 is 5.73 Å². The first kappa shape index (κ1) is 14.7. The van der Waals surface area contributed by atoms with Crippen LogP contribution in [-0.4, -0.2) is 41.1 Å². The van der Waals surface area contributed by atoms with Gasteiger partial charge in [-0.1, -0.05) is 27.7 Å². The van der Waals surface area contributed by atoms with Crippen molar-refractivity contribution in [3.8, 4) is 0 Å². The Morgan fingerprint density at radius 3 is 2.39 bits per heavy atom. The van der Waals surface area contributed by atoms with Crippen molar-refractivity contribution in [3.05, 3.63) is 0 Å². The largest absolute Gasteiger partial charge is 0.329 e. The molecule has 0 aromatic carbocycles. The Balaban J connectivity index is 2.17. The standard InChI is InChI=1S/C15H30N2S/c1-12(2)7-17(13-5-6-13)15(9-16)8-14(3,4)10-18-11-15/h12-13H,5-11,16H2,1-4H3. The molecule has 1 aliphatic heterocycles. The van der Waals surface area contributed by atoms with E-state index in [1.54, 1.807) is 0 Å². The average Bonchev–Trinajstić information content (AvgIpc) is 3.07. The second-order valence-corrected chi connectivity index (χ2v) is 8.53. The van der Waals surface area contributed by atoms with Crippen LogP contribution in [0.2, 0.25) is 0 Å². The average molecular weight is 270 g/mol. The summed E-state index contributed by atoms with van der Waals surface area (Å²) in [6, 6.07) is 0.824. The number of nitrogens with two attached hydrogens (primary N) is 1. The predicted octanol–water partition coefficient (Wildman–Crippen LogP) is 2.97. The SMILES string of the molecule is CC(C)CN(C1CC1)C1(CN)CSCC(C)(C)C1. The lowest BCUT2D eigenvalue weighted by Crippen LogP contribution is -2.61. The summed E-state index contributed by atoms with van der Waals surface area (Å²) in [5, 5.41) is 0. The summed E-state index contributed by atoms with van der Waals surface area (Å²) in [4.78, 5) is 2.78. The molecule has 0 bridgehead atoms. The van der Waals surface area contributed by atoms with E-state index in [1.165, 1.54) is 37.3 Å². The third kappa shape index (κ3) is 3.23. The van der Waals surface area contributed by atoms with Crippen LogP contribution >= 0.6 is 11.8 Å². The molecule has 0 aromatic heterocycles. The van der Waals surface area contributed by atoms with E-state index < -0.39 is 0 Å². The van der Waals surface area contributed by atoms with Gasteiger partial charge in [0.1, 0.15) is 0 Å². The van der Waals surface area contributed by atoms with E-state index in [0.29, 0.717) is 5.41 Å². The van der Waals surface area contributed by atoms with Gasteiger partial charge in [0.15, 0.2) is 0 Å². The van der Waals surface area contributed by atoms with Gasteiger partial charge in [0.25, 0.3) is 0 Å². The summed E-state index contributed by atoms with van der Waals surface area (Å²) >= 11 is 2.11. The highest BCUT2D eigenvalue weighted by Crippen LogP contribution is 2.45. The molecule has 0 radical (unpaired) electrons. The summed E-state index contributed by atoms with van der Waals surface area (Å²) in [5.41, 5.74) is 6.95. The fourth-order valence-corrected chi connectivity index (χ4v) is 4.97. The van der Waals surface area contributed by atoms with Gasteiger partial charge in [-0.3, -0.25) is 4.90 Å². The van der Waals surface area contributed by atoms with Gasteiger partial charge in [0.2, 0.25) is 0 Å². The number of rotatable bonds is 5. The molecule has 1 saturated heterocycles. The Hall–Kier alpha value is 0.270. The zero-order valence-electron chi connectivity index (χ0n) is 12.5. The number of nitrogens with zero attached hydrogens (tertiary/aromatic N) is 1. The lowest BCUT2D eigenvalue weighted by molar-refractivity contribution is 0.0504. The van der Waals surface area contributed by atoms with Crippen molar-refractivity contribution in [1.82, 2.24) is 4.90 Å². The van der Waals surface area contributed by atoms with E-state index in [2.05, 4.69) is 44.4 Å². The number of hydrogen-bond donors (Lipinski definition) is 1. The van der Waals surface area contributed by atoms with Crippen LogP contribution in [0.1, 0.15) is 47.0 Å². The zero-order chi connectivity index (χ0) is 13.4. The van der Waals surface area contributed by atoms with Crippen LogP contribution < -0.4 is 5.73 Å². The molecule has 18 heavy (non-hydrogen) atoms. The normalized spacial score (nSPS) is 32.2. The molecule has 0 spiro atoms. The summed E-state index contributed by atoms with van der Waals surface area (Å²) in [6.07, 6.45) is 4.05. The highest BCUT2D eigenvalue weighted by atomic mass is 32.2. The van der Waals surface area contributed by atoms with Gasteiger partial charge in [-0.2, -0.15) is 11.8 Å². The second kappa shape index (κ2) is 5.34. The predicted molar refractivity (Wildman–Crippen MR) is 82.1 cm³/mol. The maximum Gasteiger partial charge on any atom is 0.0430 e. The lowest BCUT2D eigenvalue weighted by atomic mass is 9.78. The molecule has 2 nitrogen and oxygen atoms in total. The van der Waals surface area contributed by atoms with Crippen molar-refractivity contribution in [2.24, 2.45) is 17.1 Å². The molecule has 1 aliphatic carbocycles. The summed E-state index contributed by atoms with van der Waals surface area (Å²) in [7, 11) is 0. The quantitative estimate of drug-likeness (QED) is 0.833. The molecule has 2 aliphatic rings. The van der Waals surface area contributed by atoms with Gasteiger partial charge in [-0.15, -0.1) is 0 Å². The first-order chi connectivity index (χ1) is 8.38. The van der Waals surface area contributed by atoms with Crippen molar-refractivity contribution in [2.75, 3.05) is 24.6 Å². The molecule has 2 N–H and O–H groups in total. The highest BCUT2D eigenvalue weighted by Gasteiger charge is 2.48. The molecule has 2 rings (SSSR count). The molecule has 2 fully saturated rings. The molecular formula is C15H30N2S. The number of thioether (sulfide) groups is 1. The second-order valence-electron chi connectivity index (χ2n) is 7.54. The lowest BCUT2D eigenvalue weighted by Gasteiger charge is -2.51. The van der Waals surface area contributed by atoms with Crippen LogP contribution in [-0.2, 0) is 0 Å². The van der Waals surface area contributed by atoms with Crippen molar-refractivity contribution in [1.29, 1.82) is 0 Å². The van der Waals surface area contributed by atoms with Crippen LogP contribution in [0.4, 0.5) is 0 Å². The van der Waals surface area contributed by atoms with Crippen LogP contribution in [0, 0.1) is 11.3 Å². The molecular weight excluding hydrogens is 240 g/mol. The minimum absolute atomic E-state index is 0.262. The van der Waals surface area contributed by atoms with Crippen molar-refractivity contribution < 1.29 is 0 Å². The minimum Gasteiger partial charge on any atom is -0.329 e. The molecule has 0 aromatic rings. The summed E-state index contributed by atoms with van der Waals surface area (Å²) in [6.45, 7) is 11.5. The third-order valence-corrected chi connectivity index (χ3v) is 5.94. The Kier molecular flexibility index (Phi) is 4.35. The van der Waals surface area contributed by atoms with Crippen LogP contribution in [0.3, 0.4) is 0 Å². The smallest absolute Gasteiger partial charge is 0.0430 e. The fraction of sp³-hybridized carbons (Fsp3) is 1.00. The van der Waals surface area contributed by atoms with E-state index >= 15 is 0 Å². The monoisotopic (exact) mass is 270 g/mol. The number of hydrogen-bond acceptors (Lipinski definition) is 3. The van der Waals surface area contributed by atoms with Crippen molar-refractivity contribution in [2.45, 2.75) is 58.5 Å². The minimum atomic E-state index is 0.262. The molecule has 3 heteroatoms. The molecule has 0 amide bonds. The molecule has 1 unspecified atom stereocenters. The van der Waals surface area contributed by atoms with E-state index in [-0.39, 0.29) is 5.54 Å². The van der Waals surface area contributed by atoms with Crippen LogP contribution in [0.15, 0.2) is 0 Å². The van der Waals surface area contributed by atoms with E-state index in [0.717, 1.165) is 18.5 Å². The summed E-state index contributed by atoms with van der Waals surface area (Å²) < 4.78 is 0. The van der Waals surface area contributed by atoms with Gasteiger partial charge in [0, 0.05) is 30.4 Å². The summed E-state index contributed by atoms with van der Waals surface area (Å²) in [5.74, 6) is 3.26. The van der Waals surface area contributed by atoms with E-state index in [1.807, 2.05) is 0 Å². The molecule has 106 valence electrons. The van der Waals surface area contributed by atoms with Crippen LogP contribution in [0.5, 0.6) is 0 Å². The van der Waals surface area contributed by atoms with Gasteiger partial charge in [-0.05, 0) is 36.3 Å². The Morgan fingerprint density at radius 1 is 1.28 bits per heavy atom. The van der Waals surface area contributed by atoms with Crippen molar-refractivity contribution in [3.63, 3.8) is 0 Å². The maximum atomic E-state index is 6.25. The van der Waals surface area contributed by atoms with Gasteiger partial charge in [0.05, 0.1) is 0 Å². The fourth-order valence-electron chi connectivity index (χ4n) is 3.45. The first-order valence-electron chi connectivity index (χ1n) is 7.43. The first-order valence-corrected chi connectivity index (χ1v) is 8.59. The van der Waals surface area contributed by atoms with Gasteiger partial charge in [-0.25, -0.2) is 0 Å². The highest BCUT2D eigenvalue weighted by molar-refractivity contribution is 7.99. The zero-order valence-corrected chi connectivity index (χ0v) is 13.4. The van der Waals surface area contributed by atoms with E-state index in [9.17, 15) is 0 Å². The Bertz CT molecular complexity index is 286. The van der Waals surface area contributed by atoms with Gasteiger partial charge >= 0.3 is 0 Å². The van der Waals surface area contributed by atoms with E-state index in [4.69, 9.17) is 5.73 Å². The third-order valence-electron chi connectivity index (χ3n) is 4.21. The Labute approximate surface area is 117 Å². The Morgan fingerprint density at radius 2 is 1.94 bits per heavy atom. The maximum absolute atomic E-state index is 6.25. The molecule has 1 atom stereocenters. The molecule has 1 heterocycles. The molecule has 1 saturated carbocycles. The topological polar surface area (TPSA) is 29.3 Å².